The van der Waals surface area contributed by atoms with Crippen molar-refractivity contribution in [2.75, 3.05) is 7.11 Å². The Labute approximate surface area is 124 Å². The predicted octanol–water partition coefficient (Wildman–Crippen LogP) is 3.18. The largest absolute Gasteiger partial charge is 0.507 e. The van der Waals surface area contributed by atoms with E-state index in [9.17, 15) is 15.0 Å². The van der Waals surface area contributed by atoms with Crippen molar-refractivity contribution >= 4 is 5.97 Å². The van der Waals surface area contributed by atoms with Crippen LogP contribution in [0.1, 0.15) is 55.2 Å². The van der Waals surface area contributed by atoms with Gasteiger partial charge in [-0.1, -0.05) is 12.8 Å². The maximum atomic E-state index is 11.9. The molecule has 0 amide bonds. The summed E-state index contributed by atoms with van der Waals surface area (Å²) in [6.45, 7) is 0. The van der Waals surface area contributed by atoms with Crippen LogP contribution in [0, 0.1) is 0 Å². The summed E-state index contributed by atoms with van der Waals surface area (Å²) in [4.78, 5) is 11.9. The van der Waals surface area contributed by atoms with Crippen molar-refractivity contribution in [3.05, 3.63) is 22.8 Å². The van der Waals surface area contributed by atoms with Gasteiger partial charge >= 0.3 is 5.97 Å². The Morgan fingerprint density at radius 3 is 2.33 bits per heavy atom. The molecule has 114 valence electrons. The minimum Gasteiger partial charge on any atom is -0.507 e. The van der Waals surface area contributed by atoms with Gasteiger partial charge < -0.3 is 14.9 Å². The molecule has 0 saturated heterocycles. The maximum absolute atomic E-state index is 11.9. The summed E-state index contributed by atoms with van der Waals surface area (Å²) in [5, 5.41) is 20.5. The zero-order valence-corrected chi connectivity index (χ0v) is 12.4. The number of fused-ring (bicyclic) bond motifs is 1. The summed E-state index contributed by atoms with van der Waals surface area (Å²) in [6, 6.07) is 1.78. The van der Waals surface area contributed by atoms with Gasteiger partial charge in [0, 0.05) is 16.7 Å². The van der Waals surface area contributed by atoms with Crippen LogP contribution in [-0.4, -0.2) is 23.3 Å². The Kier molecular flexibility index (Phi) is 3.56. The lowest BCUT2D eigenvalue weighted by Crippen LogP contribution is -2.33. The summed E-state index contributed by atoms with van der Waals surface area (Å²) in [5.74, 6) is 0.118. The highest BCUT2D eigenvalue weighted by atomic mass is 16.5. The van der Waals surface area contributed by atoms with E-state index in [2.05, 4.69) is 0 Å². The smallest absolute Gasteiger partial charge is 0.314 e. The topological polar surface area (TPSA) is 66.8 Å². The molecule has 1 fully saturated rings. The fraction of sp³-hybridized carbons (Fsp3) is 0.588. The van der Waals surface area contributed by atoms with Gasteiger partial charge in [-0.05, 0) is 44.6 Å². The second-order valence-corrected chi connectivity index (χ2v) is 6.23. The average molecular weight is 290 g/mol. The first-order valence-electron chi connectivity index (χ1n) is 7.76. The molecule has 2 aliphatic carbocycles. The molecular formula is C17H22O4. The minimum atomic E-state index is -0.941. The van der Waals surface area contributed by atoms with Crippen LogP contribution in [0.5, 0.6) is 11.5 Å². The van der Waals surface area contributed by atoms with Gasteiger partial charge in [0.05, 0.1) is 12.5 Å². The Morgan fingerprint density at radius 2 is 1.76 bits per heavy atom. The molecule has 2 N–H and O–H groups in total. The van der Waals surface area contributed by atoms with Crippen LogP contribution in [0.15, 0.2) is 6.07 Å². The molecule has 1 aromatic carbocycles. The van der Waals surface area contributed by atoms with Crippen molar-refractivity contribution in [3.63, 3.8) is 0 Å². The molecule has 1 saturated carbocycles. The SMILES string of the molecule is COc1cc(C2(C(=O)O)CCCC2)c(O)c2c1CCCC2. The zero-order chi connectivity index (χ0) is 15.0. The molecule has 0 radical (unpaired) electrons. The molecule has 4 heteroatoms. The molecular weight excluding hydrogens is 268 g/mol. The standard InChI is InChI=1S/C17H22O4/c1-21-14-10-13(17(16(19)20)8-4-5-9-17)15(18)12-7-3-2-6-11(12)14/h10,18H,2-9H2,1H3,(H,19,20). The normalized spacial score (nSPS) is 20.0. The van der Waals surface area contributed by atoms with E-state index in [1.807, 2.05) is 0 Å². The number of carboxylic acids is 1. The van der Waals surface area contributed by atoms with E-state index < -0.39 is 11.4 Å². The van der Waals surface area contributed by atoms with E-state index in [-0.39, 0.29) is 5.75 Å². The van der Waals surface area contributed by atoms with Crippen LogP contribution >= 0.6 is 0 Å². The third-order valence-corrected chi connectivity index (χ3v) is 5.18. The number of methoxy groups -OCH3 is 1. The van der Waals surface area contributed by atoms with E-state index in [1.165, 1.54) is 0 Å². The molecule has 0 spiro atoms. The molecule has 0 aliphatic heterocycles. The molecule has 0 atom stereocenters. The average Bonchev–Trinajstić information content (AvgIpc) is 2.99. The summed E-state index contributed by atoms with van der Waals surface area (Å²) in [7, 11) is 1.62. The van der Waals surface area contributed by atoms with Crippen LogP contribution in [0.4, 0.5) is 0 Å². The fourth-order valence-corrected chi connectivity index (χ4v) is 4.01. The van der Waals surface area contributed by atoms with Gasteiger partial charge in [0.15, 0.2) is 0 Å². The van der Waals surface area contributed by atoms with Crippen molar-refractivity contribution in [1.29, 1.82) is 0 Å². The number of aliphatic carboxylic acids is 1. The lowest BCUT2D eigenvalue weighted by atomic mass is 9.75. The van der Waals surface area contributed by atoms with Crippen molar-refractivity contribution in [1.82, 2.24) is 0 Å². The third kappa shape index (κ3) is 2.08. The number of carbonyl (C=O) groups is 1. The molecule has 2 aliphatic rings. The van der Waals surface area contributed by atoms with E-state index in [0.29, 0.717) is 18.4 Å². The number of carboxylic acid groups (broad SMARTS) is 1. The van der Waals surface area contributed by atoms with Crippen LogP contribution in [0.25, 0.3) is 0 Å². The summed E-state index contributed by atoms with van der Waals surface area (Å²) in [6.07, 6.45) is 6.80. The first kappa shape index (κ1) is 14.2. The molecule has 0 unspecified atom stereocenters. The monoisotopic (exact) mass is 290 g/mol. The van der Waals surface area contributed by atoms with Gasteiger partial charge in [-0.3, -0.25) is 4.79 Å². The van der Waals surface area contributed by atoms with Crippen molar-refractivity contribution in [3.8, 4) is 11.5 Å². The second kappa shape index (κ2) is 5.24. The van der Waals surface area contributed by atoms with E-state index in [4.69, 9.17) is 4.74 Å². The fourth-order valence-electron chi connectivity index (χ4n) is 4.01. The number of rotatable bonds is 3. The molecule has 0 heterocycles. The highest BCUT2D eigenvalue weighted by Crippen LogP contribution is 2.49. The maximum Gasteiger partial charge on any atom is 0.314 e. The molecule has 21 heavy (non-hydrogen) atoms. The minimum absolute atomic E-state index is 0.204. The first-order chi connectivity index (χ1) is 10.1. The number of hydrogen-bond donors (Lipinski definition) is 2. The van der Waals surface area contributed by atoms with Gasteiger partial charge in [-0.25, -0.2) is 0 Å². The Balaban J connectivity index is 2.21. The number of phenols is 1. The van der Waals surface area contributed by atoms with Gasteiger partial charge in [0.2, 0.25) is 0 Å². The third-order valence-electron chi connectivity index (χ3n) is 5.18. The molecule has 4 nitrogen and oxygen atoms in total. The van der Waals surface area contributed by atoms with Crippen LogP contribution < -0.4 is 4.74 Å². The number of aromatic hydroxyl groups is 1. The molecule has 0 bridgehead atoms. The number of benzene rings is 1. The van der Waals surface area contributed by atoms with Gasteiger partial charge in [0.1, 0.15) is 11.5 Å². The van der Waals surface area contributed by atoms with Crippen molar-refractivity contribution in [2.45, 2.75) is 56.8 Å². The van der Waals surface area contributed by atoms with Gasteiger partial charge in [-0.15, -0.1) is 0 Å². The number of phenolic OH excluding ortho intramolecular Hbond substituents is 1. The number of hydrogen-bond acceptors (Lipinski definition) is 3. The summed E-state index contributed by atoms with van der Waals surface area (Å²) < 4.78 is 5.49. The van der Waals surface area contributed by atoms with E-state index in [1.54, 1.807) is 13.2 Å². The Hall–Kier alpha value is -1.71. The zero-order valence-electron chi connectivity index (χ0n) is 12.4. The molecule has 1 aromatic rings. The lowest BCUT2D eigenvalue weighted by molar-refractivity contribution is -0.143. The number of ether oxygens (including phenoxy) is 1. The Bertz CT molecular complexity index is 571. The lowest BCUT2D eigenvalue weighted by Gasteiger charge is -2.29. The highest BCUT2D eigenvalue weighted by molar-refractivity contribution is 5.83. The van der Waals surface area contributed by atoms with Crippen LogP contribution in [0.2, 0.25) is 0 Å². The van der Waals surface area contributed by atoms with Gasteiger partial charge in [-0.2, -0.15) is 0 Å². The van der Waals surface area contributed by atoms with Crippen molar-refractivity contribution in [2.24, 2.45) is 0 Å². The quantitative estimate of drug-likeness (QED) is 0.897. The van der Waals surface area contributed by atoms with E-state index >= 15 is 0 Å². The summed E-state index contributed by atoms with van der Waals surface area (Å²) >= 11 is 0. The second-order valence-electron chi connectivity index (χ2n) is 6.23. The van der Waals surface area contributed by atoms with Crippen molar-refractivity contribution < 1.29 is 19.7 Å². The van der Waals surface area contributed by atoms with Gasteiger partial charge in [0.25, 0.3) is 0 Å². The summed E-state index contributed by atoms with van der Waals surface area (Å²) in [5.41, 5.74) is 1.58. The Morgan fingerprint density at radius 1 is 1.14 bits per heavy atom. The van der Waals surface area contributed by atoms with E-state index in [0.717, 1.165) is 55.4 Å². The first-order valence-corrected chi connectivity index (χ1v) is 7.76. The predicted molar refractivity (Wildman–Crippen MR) is 79.1 cm³/mol. The van der Waals surface area contributed by atoms with Crippen LogP contribution in [0.3, 0.4) is 0 Å². The molecule has 0 aromatic heterocycles. The highest BCUT2D eigenvalue weighted by Gasteiger charge is 2.45. The van der Waals surface area contributed by atoms with Crippen LogP contribution in [-0.2, 0) is 23.1 Å². The molecule has 3 rings (SSSR count).